The molecule has 4 heterocycles. The first-order chi connectivity index (χ1) is 17.9. The molecule has 3 aromatic rings. The van der Waals surface area contributed by atoms with E-state index >= 15 is 0 Å². The smallest absolute Gasteiger partial charge is 0.338 e. The van der Waals surface area contributed by atoms with Crippen molar-refractivity contribution in [1.29, 1.82) is 0 Å². The second-order valence-electron chi connectivity index (χ2n) is 10.2. The predicted octanol–water partition coefficient (Wildman–Crippen LogP) is 2.84. The van der Waals surface area contributed by atoms with E-state index < -0.39 is 0 Å². The number of anilines is 1. The minimum Gasteiger partial charge on any atom is -0.492 e. The summed E-state index contributed by atoms with van der Waals surface area (Å²) in [6.07, 6.45) is 2.12. The van der Waals surface area contributed by atoms with Crippen LogP contribution in [0.4, 0.5) is 5.82 Å². The fraction of sp³-hybridized carbons (Fsp3) is 0.556. The first-order valence-corrected chi connectivity index (χ1v) is 13.2. The van der Waals surface area contributed by atoms with Crippen LogP contribution in [0.2, 0.25) is 0 Å². The van der Waals surface area contributed by atoms with Gasteiger partial charge in [-0.05, 0) is 55.4 Å². The lowest BCUT2D eigenvalue weighted by Crippen LogP contribution is -2.54. The van der Waals surface area contributed by atoms with Crippen molar-refractivity contribution >= 4 is 17.4 Å². The number of ether oxygens (including phenoxy) is 2. The van der Waals surface area contributed by atoms with Gasteiger partial charge in [-0.2, -0.15) is 4.52 Å². The molecular weight excluding hydrogens is 470 g/mol. The van der Waals surface area contributed by atoms with E-state index in [0.29, 0.717) is 31.0 Å². The highest BCUT2D eigenvalue weighted by atomic mass is 16.5. The second-order valence-corrected chi connectivity index (χ2v) is 10.2. The zero-order valence-corrected chi connectivity index (χ0v) is 22.2. The Balaban J connectivity index is 1.17. The van der Waals surface area contributed by atoms with Gasteiger partial charge in [0, 0.05) is 38.3 Å². The van der Waals surface area contributed by atoms with E-state index in [1.807, 2.05) is 6.92 Å². The van der Waals surface area contributed by atoms with Crippen LogP contribution in [-0.2, 0) is 4.79 Å². The molecule has 0 saturated carbocycles. The Morgan fingerprint density at radius 3 is 2.57 bits per heavy atom. The lowest BCUT2D eigenvalue weighted by Gasteiger charge is -2.33. The van der Waals surface area contributed by atoms with Crippen molar-refractivity contribution in [3.8, 4) is 11.8 Å². The fourth-order valence-electron chi connectivity index (χ4n) is 5.27. The third-order valence-corrected chi connectivity index (χ3v) is 7.61. The molecule has 2 fully saturated rings. The molecular formula is C27H37N7O3. The second kappa shape index (κ2) is 10.9. The average Bonchev–Trinajstić information content (AvgIpc) is 3.34. The highest BCUT2D eigenvalue weighted by molar-refractivity contribution is 5.81. The van der Waals surface area contributed by atoms with Crippen LogP contribution in [-0.4, -0.2) is 83.1 Å². The van der Waals surface area contributed by atoms with E-state index in [2.05, 4.69) is 69.5 Å². The summed E-state index contributed by atoms with van der Waals surface area (Å²) < 4.78 is 13.1. The molecule has 2 saturated heterocycles. The molecule has 10 nitrogen and oxygen atoms in total. The van der Waals surface area contributed by atoms with Gasteiger partial charge in [0.1, 0.15) is 18.2 Å². The maximum absolute atomic E-state index is 11.8. The van der Waals surface area contributed by atoms with E-state index in [9.17, 15) is 4.79 Å². The number of fused-ring (bicyclic) bond motifs is 1. The number of carbonyl (C=O) groups excluding carboxylic acids is 1. The summed E-state index contributed by atoms with van der Waals surface area (Å²) in [5.74, 6) is 2.72. The number of piperazine rings is 1. The summed E-state index contributed by atoms with van der Waals surface area (Å²) in [6, 6.07) is 11.0. The topological polar surface area (TPSA) is 97.1 Å². The number of methoxy groups -OCH3 is 1. The van der Waals surface area contributed by atoms with Crippen LogP contribution in [0.25, 0.3) is 5.65 Å². The molecule has 1 amide bonds. The van der Waals surface area contributed by atoms with Crippen molar-refractivity contribution < 1.29 is 14.3 Å². The molecule has 1 N–H and O–H groups in total. The van der Waals surface area contributed by atoms with Crippen molar-refractivity contribution in [2.45, 2.75) is 51.5 Å². The van der Waals surface area contributed by atoms with Crippen molar-refractivity contribution in [2.75, 3.05) is 51.3 Å². The SMILES string of the molecule is COc1nnc2c(C(C)C)cc(N3CCC(c4ccc(OCCN5CCNC(=O)C5C)cc4)CC3)nn12. The summed E-state index contributed by atoms with van der Waals surface area (Å²) in [5.41, 5.74) is 3.22. The molecule has 1 atom stereocenters. The third kappa shape index (κ3) is 5.34. The molecule has 37 heavy (non-hydrogen) atoms. The lowest BCUT2D eigenvalue weighted by molar-refractivity contribution is -0.128. The van der Waals surface area contributed by atoms with Crippen LogP contribution < -0.4 is 19.7 Å². The molecule has 198 valence electrons. The van der Waals surface area contributed by atoms with Gasteiger partial charge in [-0.25, -0.2) is 0 Å². The van der Waals surface area contributed by atoms with Crippen molar-refractivity contribution in [3.05, 3.63) is 41.5 Å². The van der Waals surface area contributed by atoms with Gasteiger partial charge in [0.05, 0.1) is 13.2 Å². The van der Waals surface area contributed by atoms with Crippen molar-refractivity contribution in [3.63, 3.8) is 0 Å². The summed E-state index contributed by atoms with van der Waals surface area (Å²) in [7, 11) is 1.59. The van der Waals surface area contributed by atoms with Gasteiger partial charge in [-0.3, -0.25) is 9.69 Å². The van der Waals surface area contributed by atoms with Crippen LogP contribution in [0, 0.1) is 0 Å². The van der Waals surface area contributed by atoms with Crippen LogP contribution in [0.3, 0.4) is 0 Å². The zero-order valence-electron chi connectivity index (χ0n) is 22.2. The predicted molar refractivity (Wildman–Crippen MR) is 142 cm³/mol. The van der Waals surface area contributed by atoms with E-state index in [4.69, 9.17) is 14.6 Å². The maximum Gasteiger partial charge on any atom is 0.338 e. The minimum atomic E-state index is -0.0988. The molecule has 2 aromatic heterocycles. The van der Waals surface area contributed by atoms with E-state index in [0.717, 1.165) is 61.8 Å². The standard InChI is InChI=1S/C27H37N7O3/c1-18(2)23-17-24(31-34-25(23)29-30-27(34)36-4)33-12-9-21(10-13-33)20-5-7-22(8-6-20)37-16-15-32-14-11-28-26(35)19(32)3/h5-8,17-19,21H,9-16H2,1-4H3,(H,28,35). The van der Waals surface area contributed by atoms with E-state index in [-0.39, 0.29) is 11.9 Å². The number of hydrogen-bond donors (Lipinski definition) is 1. The first kappa shape index (κ1) is 25.3. The molecule has 1 unspecified atom stereocenters. The van der Waals surface area contributed by atoms with Crippen LogP contribution in [0.15, 0.2) is 30.3 Å². The van der Waals surface area contributed by atoms with Gasteiger partial charge in [-0.15, -0.1) is 10.2 Å². The van der Waals surface area contributed by atoms with Gasteiger partial charge in [0.25, 0.3) is 0 Å². The highest BCUT2D eigenvalue weighted by Crippen LogP contribution is 2.32. The van der Waals surface area contributed by atoms with E-state index in [1.54, 1.807) is 11.6 Å². The molecule has 0 spiro atoms. The number of piperidine rings is 1. The molecule has 10 heteroatoms. The van der Waals surface area contributed by atoms with Gasteiger partial charge >= 0.3 is 6.01 Å². The molecule has 0 radical (unpaired) electrons. The van der Waals surface area contributed by atoms with Crippen molar-refractivity contribution in [1.82, 2.24) is 30.0 Å². The number of benzene rings is 1. The molecule has 0 aliphatic carbocycles. The van der Waals surface area contributed by atoms with E-state index in [1.165, 1.54) is 5.56 Å². The first-order valence-electron chi connectivity index (χ1n) is 13.2. The molecule has 1 aromatic carbocycles. The number of aromatic nitrogens is 4. The summed E-state index contributed by atoms with van der Waals surface area (Å²) >= 11 is 0. The summed E-state index contributed by atoms with van der Waals surface area (Å²) in [5, 5.41) is 16.1. The zero-order chi connectivity index (χ0) is 25.9. The Hall–Kier alpha value is -3.40. The summed E-state index contributed by atoms with van der Waals surface area (Å²) in [4.78, 5) is 16.3. The molecule has 0 bridgehead atoms. The average molecular weight is 508 g/mol. The van der Waals surface area contributed by atoms with Crippen molar-refractivity contribution in [2.24, 2.45) is 0 Å². The summed E-state index contributed by atoms with van der Waals surface area (Å²) in [6.45, 7) is 11.0. The Kier molecular flexibility index (Phi) is 7.45. The van der Waals surface area contributed by atoms with Crippen LogP contribution in [0.5, 0.6) is 11.8 Å². The lowest BCUT2D eigenvalue weighted by atomic mass is 9.89. The molecule has 5 rings (SSSR count). The number of amides is 1. The monoisotopic (exact) mass is 507 g/mol. The number of hydrogen-bond acceptors (Lipinski definition) is 8. The fourth-order valence-corrected chi connectivity index (χ4v) is 5.27. The maximum atomic E-state index is 11.8. The highest BCUT2D eigenvalue weighted by Gasteiger charge is 2.26. The number of nitrogens with zero attached hydrogens (tertiary/aromatic N) is 6. The Labute approximate surface area is 217 Å². The largest absolute Gasteiger partial charge is 0.492 e. The Morgan fingerprint density at radius 1 is 1.11 bits per heavy atom. The number of rotatable bonds is 8. The van der Waals surface area contributed by atoms with Gasteiger partial charge in [-0.1, -0.05) is 31.1 Å². The van der Waals surface area contributed by atoms with Crippen LogP contribution in [0.1, 0.15) is 56.6 Å². The minimum absolute atomic E-state index is 0.0943. The van der Waals surface area contributed by atoms with Gasteiger partial charge in [0.2, 0.25) is 5.91 Å². The number of carbonyl (C=O) groups is 1. The Morgan fingerprint density at radius 2 is 1.86 bits per heavy atom. The normalized spacial score (nSPS) is 19.4. The van der Waals surface area contributed by atoms with Gasteiger partial charge < -0.3 is 19.7 Å². The quantitative estimate of drug-likeness (QED) is 0.497. The molecule has 2 aliphatic heterocycles. The van der Waals surface area contributed by atoms with Gasteiger partial charge in [0.15, 0.2) is 5.65 Å². The molecule has 2 aliphatic rings. The third-order valence-electron chi connectivity index (χ3n) is 7.61. The van der Waals surface area contributed by atoms with Crippen LogP contribution >= 0.6 is 0 Å². The Bertz CT molecular complexity index is 1220. The number of nitrogens with one attached hydrogen (secondary N) is 1.